The largest absolute Gasteiger partial charge is 0.492 e. The Kier molecular flexibility index (Phi) is 12.0. The van der Waals surface area contributed by atoms with E-state index in [1.807, 2.05) is 20.8 Å². The lowest BCUT2D eigenvalue weighted by Gasteiger charge is -2.36. The molecule has 2 aliphatic heterocycles. The maximum absolute atomic E-state index is 13.5. The number of nitrogens with one attached hydrogen (secondary N) is 2. The molecule has 0 radical (unpaired) electrons. The topological polar surface area (TPSA) is 117 Å². The molecule has 2 aliphatic carbocycles. The zero-order chi connectivity index (χ0) is 31.7. The van der Waals surface area contributed by atoms with Gasteiger partial charge in [0.15, 0.2) is 0 Å². The highest BCUT2D eigenvalue weighted by Gasteiger charge is 2.56. The van der Waals surface area contributed by atoms with Gasteiger partial charge >= 0.3 is 6.09 Å². The van der Waals surface area contributed by atoms with Crippen LogP contribution in [0.2, 0.25) is 0 Å². The summed E-state index contributed by atoms with van der Waals surface area (Å²) in [5, 5.41) is 5.87. The lowest BCUT2D eigenvalue weighted by molar-refractivity contribution is -0.331. The van der Waals surface area contributed by atoms with Crippen LogP contribution >= 0.6 is 0 Å². The minimum absolute atomic E-state index is 0.0132. The minimum Gasteiger partial charge on any atom is -0.492 e. The zero-order valence-corrected chi connectivity index (χ0v) is 27.4. The van der Waals surface area contributed by atoms with Crippen molar-refractivity contribution in [2.24, 2.45) is 11.3 Å². The van der Waals surface area contributed by atoms with E-state index in [9.17, 15) is 9.59 Å². The monoisotopic (exact) mass is 631 g/mol. The van der Waals surface area contributed by atoms with Crippen LogP contribution in [-0.4, -0.2) is 100 Å². The number of nitrogens with zero attached hydrogens (tertiary/aromatic N) is 1. The summed E-state index contributed by atoms with van der Waals surface area (Å²) in [5.41, 5.74) is 0.177. The van der Waals surface area contributed by atoms with Crippen molar-refractivity contribution in [1.29, 1.82) is 0 Å². The molecule has 3 bridgehead atoms. The first-order valence-corrected chi connectivity index (χ1v) is 16.9. The molecule has 1 aromatic carbocycles. The van der Waals surface area contributed by atoms with Gasteiger partial charge in [-0.25, -0.2) is 14.6 Å². The Hall–Kier alpha value is -2.44. The number of amides is 2. The van der Waals surface area contributed by atoms with E-state index >= 15 is 0 Å². The van der Waals surface area contributed by atoms with Gasteiger partial charge in [0.05, 0.1) is 37.4 Å². The quantitative estimate of drug-likeness (QED) is 0.290. The Morgan fingerprint density at radius 2 is 1.73 bits per heavy atom. The van der Waals surface area contributed by atoms with E-state index < -0.39 is 17.1 Å². The molecule has 11 nitrogen and oxygen atoms in total. The first-order chi connectivity index (χ1) is 21.7. The lowest BCUT2D eigenvalue weighted by Crippen LogP contribution is -2.45. The average Bonchev–Trinajstić information content (AvgIpc) is 3.28. The van der Waals surface area contributed by atoms with Gasteiger partial charge < -0.3 is 29.6 Å². The van der Waals surface area contributed by atoms with Gasteiger partial charge in [0.2, 0.25) is 5.91 Å². The van der Waals surface area contributed by atoms with Crippen LogP contribution in [0.5, 0.6) is 5.75 Å². The molecule has 0 aromatic heterocycles. The van der Waals surface area contributed by atoms with Crippen LogP contribution in [0.15, 0.2) is 24.3 Å². The number of hydrogen-bond donors (Lipinski definition) is 2. The van der Waals surface area contributed by atoms with Crippen molar-refractivity contribution in [3.8, 4) is 5.75 Å². The van der Waals surface area contributed by atoms with E-state index in [1.54, 1.807) is 0 Å². The van der Waals surface area contributed by atoms with Crippen LogP contribution in [0.4, 0.5) is 4.79 Å². The molecule has 1 aromatic rings. The van der Waals surface area contributed by atoms with Crippen LogP contribution in [0.25, 0.3) is 0 Å². The third-order valence-corrected chi connectivity index (χ3v) is 9.44. The number of alkyl carbamates (subject to hydrolysis) is 1. The van der Waals surface area contributed by atoms with Gasteiger partial charge in [-0.15, -0.1) is 0 Å². The average molecular weight is 632 g/mol. The predicted molar refractivity (Wildman–Crippen MR) is 168 cm³/mol. The number of benzene rings is 1. The molecule has 2 N–H and O–H groups in total. The van der Waals surface area contributed by atoms with Crippen molar-refractivity contribution in [3.05, 3.63) is 29.8 Å². The number of fused-ring (bicyclic) bond motifs is 2. The predicted octanol–water partition coefficient (Wildman–Crippen LogP) is 4.20. The minimum atomic E-state index is -0.539. The van der Waals surface area contributed by atoms with Crippen molar-refractivity contribution in [2.45, 2.75) is 89.4 Å². The van der Waals surface area contributed by atoms with E-state index in [-0.39, 0.29) is 30.0 Å². The Morgan fingerprint density at radius 1 is 0.978 bits per heavy atom. The standard InChI is InChI=1S/C34H53N3O8/c1-33(2,3)44-32(39)36-12-4-11-35-31(38)34-22-27-21-29(23-34)41-16-9-26(10-17-43-45-30(27)24-34)25-5-7-28(8-6-25)42-20-15-37-13-18-40-19-14-37/h5-8,26-27,29-30H,4,9-24H2,1-3H3,(H,35,38)(H,36,39)/t26?,27?,29-,30?,34?/m0/s1. The summed E-state index contributed by atoms with van der Waals surface area (Å²) in [4.78, 5) is 39.6. The lowest BCUT2D eigenvalue weighted by atomic mass is 9.73. The number of carbonyl (C=O) groups excluding carboxylic acids is 2. The third-order valence-electron chi connectivity index (χ3n) is 9.44. The van der Waals surface area contributed by atoms with E-state index in [1.165, 1.54) is 5.56 Å². The van der Waals surface area contributed by atoms with Crippen LogP contribution in [-0.2, 0) is 28.8 Å². The van der Waals surface area contributed by atoms with Gasteiger partial charge in [-0.1, -0.05) is 12.1 Å². The summed E-state index contributed by atoms with van der Waals surface area (Å²) in [6, 6.07) is 8.41. The highest BCUT2D eigenvalue weighted by molar-refractivity contribution is 5.83. The summed E-state index contributed by atoms with van der Waals surface area (Å²) < 4.78 is 23.2. The number of carbonyl (C=O) groups is 2. The van der Waals surface area contributed by atoms with Crippen molar-refractivity contribution in [3.63, 3.8) is 0 Å². The number of hydrogen-bond acceptors (Lipinski definition) is 9. The van der Waals surface area contributed by atoms with Crippen molar-refractivity contribution < 1.29 is 38.3 Å². The Balaban J connectivity index is 1.08. The fraction of sp³-hybridized carbons (Fsp3) is 0.765. The molecule has 45 heavy (non-hydrogen) atoms. The first-order valence-electron chi connectivity index (χ1n) is 16.9. The molecule has 2 heterocycles. The van der Waals surface area contributed by atoms with Crippen LogP contribution in [0, 0.1) is 11.3 Å². The van der Waals surface area contributed by atoms with Crippen molar-refractivity contribution in [2.75, 3.05) is 65.8 Å². The highest BCUT2D eigenvalue weighted by atomic mass is 17.2. The van der Waals surface area contributed by atoms with E-state index in [0.29, 0.717) is 52.2 Å². The molecule has 4 unspecified atom stereocenters. The molecule has 11 heteroatoms. The zero-order valence-electron chi connectivity index (χ0n) is 27.4. The third kappa shape index (κ3) is 10.0. The molecule has 2 saturated heterocycles. The molecular weight excluding hydrogens is 578 g/mol. The SMILES string of the molecule is CC(C)(C)OC(=O)NCCCNC(=O)C12CC3C[C@@H](C1)OCCC(c1ccc(OCCN4CCOCC4)cc1)CCOOC3C2. The van der Waals surface area contributed by atoms with E-state index in [2.05, 4.69) is 39.8 Å². The van der Waals surface area contributed by atoms with Gasteiger partial charge in [-0.3, -0.25) is 9.69 Å². The highest BCUT2D eigenvalue weighted by Crippen LogP contribution is 2.53. The molecule has 5 rings (SSSR count). The molecule has 4 fully saturated rings. The van der Waals surface area contributed by atoms with Crippen molar-refractivity contribution >= 4 is 12.0 Å². The summed E-state index contributed by atoms with van der Waals surface area (Å²) in [5.74, 6) is 1.43. The van der Waals surface area contributed by atoms with Gasteiger partial charge in [0.1, 0.15) is 18.0 Å². The molecule has 4 aliphatic rings. The summed E-state index contributed by atoms with van der Waals surface area (Å²) in [6.45, 7) is 12.6. The number of morpholine rings is 1. The van der Waals surface area contributed by atoms with Crippen LogP contribution < -0.4 is 15.4 Å². The van der Waals surface area contributed by atoms with Crippen LogP contribution in [0.1, 0.15) is 77.2 Å². The number of ether oxygens (including phenoxy) is 4. The Labute approximate surface area is 267 Å². The van der Waals surface area contributed by atoms with Gasteiger partial charge in [-0.05, 0) is 95.2 Å². The van der Waals surface area contributed by atoms with E-state index in [4.69, 9.17) is 28.7 Å². The molecule has 252 valence electrons. The maximum atomic E-state index is 13.5. The second kappa shape index (κ2) is 15.9. The van der Waals surface area contributed by atoms with E-state index in [0.717, 1.165) is 64.3 Å². The van der Waals surface area contributed by atoms with Crippen LogP contribution in [0.3, 0.4) is 0 Å². The molecular formula is C34H53N3O8. The molecule has 2 saturated carbocycles. The Bertz CT molecular complexity index is 1090. The number of rotatable bonds is 10. The van der Waals surface area contributed by atoms with Crippen molar-refractivity contribution in [1.82, 2.24) is 15.5 Å². The summed E-state index contributed by atoms with van der Waals surface area (Å²) in [7, 11) is 0. The smallest absolute Gasteiger partial charge is 0.407 e. The van der Waals surface area contributed by atoms with Gasteiger partial charge in [0, 0.05) is 39.3 Å². The maximum Gasteiger partial charge on any atom is 0.407 e. The fourth-order valence-electron chi connectivity index (χ4n) is 7.16. The molecule has 0 spiro atoms. The Morgan fingerprint density at radius 3 is 2.51 bits per heavy atom. The second-order valence-corrected chi connectivity index (χ2v) is 14.0. The second-order valence-electron chi connectivity index (χ2n) is 14.0. The fourth-order valence-corrected chi connectivity index (χ4v) is 7.16. The van der Waals surface area contributed by atoms with Gasteiger partial charge in [0.25, 0.3) is 0 Å². The summed E-state index contributed by atoms with van der Waals surface area (Å²) in [6.07, 6.45) is 4.75. The summed E-state index contributed by atoms with van der Waals surface area (Å²) >= 11 is 0. The normalized spacial score (nSPS) is 29.3. The molecule has 5 atom stereocenters. The molecule has 2 amide bonds. The van der Waals surface area contributed by atoms with Gasteiger partial charge in [-0.2, -0.15) is 0 Å². The first kappa shape index (κ1) is 33.9.